The van der Waals surface area contributed by atoms with E-state index in [0.29, 0.717) is 6.61 Å². The molecule has 1 aromatic rings. The monoisotopic (exact) mass is 215 g/mol. The summed E-state index contributed by atoms with van der Waals surface area (Å²) in [6, 6.07) is 3.08. The Balaban J connectivity index is 2.60. The highest BCUT2D eigenvalue weighted by Crippen LogP contribution is 2.09. The Bertz CT molecular complexity index is 355. The molecule has 1 aromatic carbocycles. The molecule has 0 atom stereocenters. The van der Waals surface area contributed by atoms with E-state index in [4.69, 9.17) is 0 Å². The number of amides is 1. The van der Waals surface area contributed by atoms with E-state index in [9.17, 15) is 13.6 Å². The van der Waals surface area contributed by atoms with Gasteiger partial charge in [-0.15, -0.1) is 0 Å². The summed E-state index contributed by atoms with van der Waals surface area (Å²) in [5.41, 5.74) is 2.26. The Hall–Kier alpha value is -1.49. The molecule has 1 rings (SSSR count). The molecule has 3 nitrogen and oxygen atoms in total. The SMILES string of the molecule is CCONC(=O)Cc1ccc(F)cc1F. The minimum Gasteiger partial charge on any atom is -0.274 e. The standard InChI is InChI=1S/C10H11F2NO2/c1-2-15-13-10(14)5-7-3-4-8(11)6-9(7)12/h3-4,6H,2,5H2,1H3,(H,13,14). The number of carbonyl (C=O) groups excluding carboxylic acids is 1. The zero-order valence-corrected chi connectivity index (χ0v) is 8.22. The molecule has 0 unspecified atom stereocenters. The molecule has 0 spiro atoms. The molecular weight excluding hydrogens is 204 g/mol. The average molecular weight is 215 g/mol. The van der Waals surface area contributed by atoms with Crippen molar-refractivity contribution in [2.45, 2.75) is 13.3 Å². The summed E-state index contributed by atoms with van der Waals surface area (Å²) in [5, 5.41) is 0. The molecule has 0 saturated heterocycles. The van der Waals surface area contributed by atoms with E-state index in [-0.39, 0.29) is 12.0 Å². The number of hydrogen-bond acceptors (Lipinski definition) is 2. The third-order valence-corrected chi connectivity index (χ3v) is 1.70. The van der Waals surface area contributed by atoms with Crippen LogP contribution in [0.2, 0.25) is 0 Å². The van der Waals surface area contributed by atoms with Gasteiger partial charge in [0.2, 0.25) is 5.91 Å². The van der Waals surface area contributed by atoms with Crippen molar-refractivity contribution in [3.8, 4) is 0 Å². The first-order valence-electron chi connectivity index (χ1n) is 4.48. The molecule has 82 valence electrons. The summed E-state index contributed by atoms with van der Waals surface area (Å²) in [4.78, 5) is 15.7. The van der Waals surface area contributed by atoms with Gasteiger partial charge in [-0.3, -0.25) is 9.63 Å². The van der Waals surface area contributed by atoms with Crippen molar-refractivity contribution in [3.05, 3.63) is 35.4 Å². The predicted molar refractivity (Wildman–Crippen MR) is 49.8 cm³/mol. The first kappa shape index (κ1) is 11.6. The van der Waals surface area contributed by atoms with Crippen LogP contribution in [-0.2, 0) is 16.1 Å². The maximum Gasteiger partial charge on any atom is 0.248 e. The molecule has 0 aliphatic heterocycles. The van der Waals surface area contributed by atoms with E-state index in [1.165, 1.54) is 6.07 Å². The lowest BCUT2D eigenvalue weighted by Crippen LogP contribution is -2.25. The predicted octanol–water partition coefficient (Wildman–Crippen LogP) is 1.57. The summed E-state index contributed by atoms with van der Waals surface area (Å²) < 4.78 is 25.6. The number of rotatable bonds is 4. The second-order valence-electron chi connectivity index (χ2n) is 2.87. The molecule has 0 aliphatic rings. The summed E-state index contributed by atoms with van der Waals surface area (Å²) in [7, 11) is 0. The van der Waals surface area contributed by atoms with Crippen LogP contribution in [0.5, 0.6) is 0 Å². The Morgan fingerprint density at radius 2 is 2.20 bits per heavy atom. The largest absolute Gasteiger partial charge is 0.274 e. The first-order chi connectivity index (χ1) is 7.13. The van der Waals surface area contributed by atoms with E-state index >= 15 is 0 Å². The quantitative estimate of drug-likeness (QED) is 0.774. The number of halogens is 2. The Kier molecular flexibility index (Phi) is 4.17. The van der Waals surface area contributed by atoms with Crippen molar-refractivity contribution in [3.63, 3.8) is 0 Å². The van der Waals surface area contributed by atoms with Crippen LogP contribution >= 0.6 is 0 Å². The molecule has 0 aliphatic carbocycles. The van der Waals surface area contributed by atoms with Gasteiger partial charge in [0.15, 0.2) is 0 Å². The van der Waals surface area contributed by atoms with Crippen molar-refractivity contribution in [1.29, 1.82) is 0 Å². The van der Waals surface area contributed by atoms with E-state index in [0.717, 1.165) is 12.1 Å². The average Bonchev–Trinajstić information content (AvgIpc) is 2.19. The van der Waals surface area contributed by atoms with Gasteiger partial charge in [-0.1, -0.05) is 6.07 Å². The van der Waals surface area contributed by atoms with Gasteiger partial charge >= 0.3 is 0 Å². The fraction of sp³-hybridized carbons (Fsp3) is 0.300. The lowest BCUT2D eigenvalue weighted by atomic mass is 10.1. The summed E-state index contributed by atoms with van der Waals surface area (Å²) in [6.45, 7) is 2.04. The van der Waals surface area contributed by atoms with Gasteiger partial charge < -0.3 is 0 Å². The number of hydroxylamine groups is 1. The lowest BCUT2D eigenvalue weighted by Gasteiger charge is -2.04. The van der Waals surface area contributed by atoms with Crippen LogP contribution in [0.3, 0.4) is 0 Å². The Morgan fingerprint density at radius 3 is 2.80 bits per heavy atom. The maximum atomic E-state index is 13.1. The molecule has 0 fully saturated rings. The fourth-order valence-corrected chi connectivity index (χ4v) is 1.03. The van der Waals surface area contributed by atoms with Crippen LogP contribution in [0.4, 0.5) is 8.78 Å². The van der Waals surface area contributed by atoms with Crippen LogP contribution in [0.1, 0.15) is 12.5 Å². The Labute approximate surface area is 86.0 Å². The molecule has 0 aromatic heterocycles. The highest BCUT2D eigenvalue weighted by atomic mass is 19.1. The molecule has 0 saturated carbocycles. The topological polar surface area (TPSA) is 38.3 Å². The zero-order chi connectivity index (χ0) is 11.3. The summed E-state index contributed by atoms with van der Waals surface area (Å²) in [6.07, 6.45) is -0.174. The number of nitrogens with one attached hydrogen (secondary N) is 1. The van der Waals surface area contributed by atoms with Crippen molar-refractivity contribution in [1.82, 2.24) is 5.48 Å². The maximum absolute atomic E-state index is 13.1. The highest BCUT2D eigenvalue weighted by molar-refractivity contribution is 5.77. The fourth-order valence-electron chi connectivity index (χ4n) is 1.03. The van der Waals surface area contributed by atoms with E-state index in [1.807, 2.05) is 0 Å². The third-order valence-electron chi connectivity index (χ3n) is 1.70. The van der Waals surface area contributed by atoms with Gasteiger partial charge in [0.25, 0.3) is 0 Å². The molecule has 0 heterocycles. The highest BCUT2D eigenvalue weighted by Gasteiger charge is 2.08. The molecular formula is C10H11F2NO2. The second kappa shape index (κ2) is 5.41. The van der Waals surface area contributed by atoms with Gasteiger partial charge in [-0.05, 0) is 18.6 Å². The van der Waals surface area contributed by atoms with Crippen molar-refractivity contribution >= 4 is 5.91 Å². The van der Waals surface area contributed by atoms with E-state index in [2.05, 4.69) is 10.3 Å². The number of hydrogen-bond donors (Lipinski definition) is 1. The van der Waals surface area contributed by atoms with Gasteiger partial charge in [-0.25, -0.2) is 14.3 Å². The van der Waals surface area contributed by atoms with Crippen LogP contribution in [-0.4, -0.2) is 12.5 Å². The summed E-state index contributed by atoms with van der Waals surface area (Å²) in [5.74, 6) is -1.87. The zero-order valence-electron chi connectivity index (χ0n) is 8.22. The number of benzene rings is 1. The third kappa shape index (κ3) is 3.63. The minimum atomic E-state index is -0.735. The van der Waals surface area contributed by atoms with Gasteiger partial charge in [0.1, 0.15) is 11.6 Å². The molecule has 15 heavy (non-hydrogen) atoms. The van der Waals surface area contributed by atoms with Gasteiger partial charge in [0.05, 0.1) is 13.0 Å². The minimum absolute atomic E-state index is 0.133. The molecule has 1 N–H and O–H groups in total. The second-order valence-corrected chi connectivity index (χ2v) is 2.87. The van der Waals surface area contributed by atoms with Crippen molar-refractivity contribution in [2.24, 2.45) is 0 Å². The van der Waals surface area contributed by atoms with Gasteiger partial charge in [0, 0.05) is 6.07 Å². The molecule has 5 heteroatoms. The Morgan fingerprint density at radius 1 is 1.47 bits per heavy atom. The molecule has 1 amide bonds. The van der Waals surface area contributed by atoms with Crippen LogP contribution in [0.25, 0.3) is 0 Å². The smallest absolute Gasteiger partial charge is 0.248 e. The van der Waals surface area contributed by atoms with Crippen molar-refractivity contribution < 1.29 is 18.4 Å². The van der Waals surface area contributed by atoms with Crippen LogP contribution in [0.15, 0.2) is 18.2 Å². The summed E-state index contributed by atoms with van der Waals surface area (Å²) >= 11 is 0. The number of carbonyl (C=O) groups is 1. The molecule has 0 bridgehead atoms. The first-order valence-corrected chi connectivity index (χ1v) is 4.48. The lowest BCUT2D eigenvalue weighted by molar-refractivity contribution is -0.132. The molecule has 0 radical (unpaired) electrons. The van der Waals surface area contributed by atoms with Crippen LogP contribution in [0, 0.1) is 11.6 Å². The van der Waals surface area contributed by atoms with Crippen molar-refractivity contribution in [2.75, 3.05) is 6.61 Å². The van der Waals surface area contributed by atoms with Crippen LogP contribution < -0.4 is 5.48 Å². The van der Waals surface area contributed by atoms with Gasteiger partial charge in [-0.2, -0.15) is 0 Å². The van der Waals surface area contributed by atoms with E-state index < -0.39 is 17.5 Å². The van der Waals surface area contributed by atoms with E-state index in [1.54, 1.807) is 6.92 Å². The normalized spacial score (nSPS) is 10.1.